The Morgan fingerprint density at radius 3 is 2.55 bits per heavy atom. The molecule has 0 spiro atoms. The van der Waals surface area contributed by atoms with Crippen molar-refractivity contribution in [3.05, 3.63) is 58.6 Å². The predicted molar refractivity (Wildman–Crippen MR) is 117 cm³/mol. The van der Waals surface area contributed by atoms with Gasteiger partial charge >= 0.3 is 0 Å². The predicted octanol–water partition coefficient (Wildman–Crippen LogP) is 4.00. The van der Waals surface area contributed by atoms with Crippen LogP contribution in [0.15, 0.2) is 42.5 Å². The summed E-state index contributed by atoms with van der Waals surface area (Å²) in [6.07, 6.45) is 0.806. The van der Waals surface area contributed by atoms with E-state index < -0.39 is 0 Å². The van der Waals surface area contributed by atoms with Gasteiger partial charge in [0.15, 0.2) is 0 Å². The molecule has 2 amide bonds. The molecule has 0 aromatic heterocycles. The third-order valence-corrected chi connectivity index (χ3v) is 4.94. The summed E-state index contributed by atoms with van der Waals surface area (Å²) < 4.78 is 5.17. The quantitative estimate of drug-likeness (QED) is 0.576. The lowest BCUT2D eigenvalue weighted by Gasteiger charge is -2.24. The van der Waals surface area contributed by atoms with E-state index in [-0.39, 0.29) is 23.9 Å². The van der Waals surface area contributed by atoms with Gasteiger partial charge in [-0.15, -0.1) is 0 Å². The van der Waals surface area contributed by atoms with Gasteiger partial charge in [-0.05, 0) is 56.2 Å². The molecule has 3 N–H and O–H groups in total. The highest BCUT2D eigenvalue weighted by molar-refractivity contribution is 6.34. The highest BCUT2D eigenvalue weighted by Crippen LogP contribution is 2.22. The third-order valence-electron chi connectivity index (χ3n) is 4.63. The van der Waals surface area contributed by atoms with Gasteiger partial charge in [-0.1, -0.05) is 30.7 Å². The zero-order valence-electron chi connectivity index (χ0n) is 17.3. The first-order valence-electron chi connectivity index (χ1n) is 9.49. The van der Waals surface area contributed by atoms with Gasteiger partial charge in [0.05, 0.1) is 24.2 Å². The Balaban J connectivity index is 1.88. The number of ether oxygens (including phenoxy) is 1. The van der Waals surface area contributed by atoms with Crippen molar-refractivity contribution in [3.8, 4) is 5.75 Å². The van der Waals surface area contributed by atoms with Crippen LogP contribution in [0, 0.1) is 0 Å². The van der Waals surface area contributed by atoms with Crippen molar-refractivity contribution in [2.75, 3.05) is 19.0 Å². The Labute approximate surface area is 177 Å². The molecule has 0 heterocycles. The van der Waals surface area contributed by atoms with Crippen LogP contribution in [-0.4, -0.2) is 31.0 Å². The molecule has 0 aliphatic heterocycles. The van der Waals surface area contributed by atoms with Crippen LogP contribution >= 0.6 is 11.6 Å². The Bertz CT molecular complexity index is 868. The number of rotatable bonds is 9. The lowest BCUT2D eigenvalue weighted by atomic mass is 10.0. The van der Waals surface area contributed by atoms with Gasteiger partial charge in [0.2, 0.25) is 5.91 Å². The summed E-state index contributed by atoms with van der Waals surface area (Å²) in [4.78, 5) is 24.5. The zero-order chi connectivity index (χ0) is 21.4. The molecular formula is C22H28ClN3O3. The molecule has 2 rings (SSSR count). The third kappa shape index (κ3) is 6.98. The van der Waals surface area contributed by atoms with Crippen LogP contribution in [0.5, 0.6) is 5.75 Å². The smallest absolute Gasteiger partial charge is 0.253 e. The molecule has 156 valence electrons. The number of benzene rings is 2. The highest BCUT2D eigenvalue weighted by atomic mass is 35.5. The molecule has 0 fully saturated rings. The molecule has 0 saturated carbocycles. The van der Waals surface area contributed by atoms with E-state index in [4.69, 9.17) is 16.3 Å². The van der Waals surface area contributed by atoms with Crippen LogP contribution < -0.4 is 20.7 Å². The molecule has 0 bridgehead atoms. The summed E-state index contributed by atoms with van der Waals surface area (Å²) in [5, 5.41) is 9.15. The summed E-state index contributed by atoms with van der Waals surface area (Å²) in [7, 11) is 1.60. The molecule has 0 atom stereocenters. The van der Waals surface area contributed by atoms with Crippen molar-refractivity contribution in [1.82, 2.24) is 10.6 Å². The Morgan fingerprint density at radius 2 is 1.90 bits per heavy atom. The second kappa shape index (κ2) is 10.2. The minimum atomic E-state index is -0.307. The Morgan fingerprint density at radius 1 is 1.14 bits per heavy atom. The van der Waals surface area contributed by atoms with Gasteiger partial charge in [-0.3, -0.25) is 9.59 Å². The van der Waals surface area contributed by atoms with Crippen molar-refractivity contribution in [3.63, 3.8) is 0 Å². The van der Waals surface area contributed by atoms with Gasteiger partial charge in [-0.25, -0.2) is 0 Å². The van der Waals surface area contributed by atoms with Crippen LogP contribution in [0.3, 0.4) is 0 Å². The first kappa shape index (κ1) is 22.6. The average Bonchev–Trinajstić information content (AvgIpc) is 2.70. The Kier molecular flexibility index (Phi) is 7.91. The number of nitrogens with one attached hydrogen (secondary N) is 3. The summed E-state index contributed by atoms with van der Waals surface area (Å²) in [5.41, 5.74) is 1.71. The minimum absolute atomic E-state index is 0.0920. The van der Waals surface area contributed by atoms with Crippen LogP contribution in [-0.2, 0) is 11.3 Å². The molecule has 0 aliphatic rings. The lowest BCUT2D eigenvalue weighted by molar-refractivity contribution is -0.119. The molecular weight excluding hydrogens is 390 g/mol. The summed E-state index contributed by atoms with van der Waals surface area (Å²) in [6, 6.07) is 12.5. The SMILES string of the molecule is CCC(C)(C)NC(=O)c1ccc(NCC(=O)NCc2cccc(OC)c2)cc1Cl. The van der Waals surface area contributed by atoms with E-state index in [9.17, 15) is 9.59 Å². The van der Waals surface area contributed by atoms with Crippen molar-refractivity contribution in [1.29, 1.82) is 0 Å². The molecule has 0 aliphatic carbocycles. The number of halogens is 1. The molecule has 0 saturated heterocycles. The fourth-order valence-electron chi connectivity index (χ4n) is 2.50. The number of methoxy groups -OCH3 is 1. The van der Waals surface area contributed by atoms with E-state index in [1.165, 1.54) is 0 Å². The maximum absolute atomic E-state index is 12.4. The van der Waals surface area contributed by atoms with Gasteiger partial charge < -0.3 is 20.7 Å². The maximum atomic E-state index is 12.4. The van der Waals surface area contributed by atoms with E-state index in [1.54, 1.807) is 25.3 Å². The van der Waals surface area contributed by atoms with Crippen LogP contribution in [0.25, 0.3) is 0 Å². The number of hydrogen-bond donors (Lipinski definition) is 3. The summed E-state index contributed by atoms with van der Waals surface area (Å²) in [5.74, 6) is 0.371. The molecule has 6 nitrogen and oxygen atoms in total. The number of anilines is 1. The number of carbonyl (C=O) groups excluding carboxylic acids is 2. The fourth-order valence-corrected chi connectivity index (χ4v) is 2.77. The molecule has 2 aromatic carbocycles. The fraction of sp³-hybridized carbons (Fsp3) is 0.364. The maximum Gasteiger partial charge on any atom is 0.253 e. The molecule has 7 heteroatoms. The van der Waals surface area contributed by atoms with Gasteiger partial charge in [0, 0.05) is 17.8 Å². The normalized spacial score (nSPS) is 10.9. The van der Waals surface area contributed by atoms with E-state index in [0.717, 1.165) is 17.7 Å². The summed E-state index contributed by atoms with van der Waals surface area (Å²) >= 11 is 6.27. The van der Waals surface area contributed by atoms with Crippen molar-refractivity contribution >= 4 is 29.1 Å². The van der Waals surface area contributed by atoms with E-state index in [0.29, 0.717) is 22.8 Å². The molecule has 0 radical (unpaired) electrons. The van der Waals surface area contributed by atoms with Crippen LogP contribution in [0.2, 0.25) is 5.02 Å². The lowest BCUT2D eigenvalue weighted by Crippen LogP contribution is -2.42. The second-order valence-electron chi connectivity index (χ2n) is 7.37. The highest BCUT2D eigenvalue weighted by Gasteiger charge is 2.20. The standard InChI is InChI=1S/C22H28ClN3O3/c1-5-22(2,3)26-21(28)18-10-9-16(12-19(18)23)24-14-20(27)25-13-15-7-6-8-17(11-15)29-4/h6-12,24H,5,13-14H2,1-4H3,(H,25,27)(H,26,28). The van der Waals surface area contributed by atoms with E-state index >= 15 is 0 Å². The van der Waals surface area contributed by atoms with E-state index in [2.05, 4.69) is 16.0 Å². The van der Waals surface area contributed by atoms with Gasteiger partial charge in [-0.2, -0.15) is 0 Å². The van der Waals surface area contributed by atoms with Crippen molar-refractivity contribution in [2.24, 2.45) is 0 Å². The molecule has 0 unspecified atom stereocenters. The second-order valence-corrected chi connectivity index (χ2v) is 7.78. The average molecular weight is 418 g/mol. The Hall–Kier alpha value is -2.73. The largest absolute Gasteiger partial charge is 0.497 e. The topological polar surface area (TPSA) is 79.5 Å². The van der Waals surface area contributed by atoms with Crippen molar-refractivity contribution in [2.45, 2.75) is 39.3 Å². The van der Waals surface area contributed by atoms with Crippen LogP contribution in [0.4, 0.5) is 5.69 Å². The van der Waals surface area contributed by atoms with Crippen LogP contribution in [0.1, 0.15) is 43.1 Å². The molecule has 29 heavy (non-hydrogen) atoms. The first-order chi connectivity index (χ1) is 13.7. The van der Waals surface area contributed by atoms with Gasteiger partial charge in [0.25, 0.3) is 5.91 Å². The molecule has 2 aromatic rings. The zero-order valence-corrected chi connectivity index (χ0v) is 18.0. The number of amides is 2. The van der Waals surface area contributed by atoms with Crippen molar-refractivity contribution < 1.29 is 14.3 Å². The summed E-state index contributed by atoms with van der Waals surface area (Å²) in [6.45, 7) is 6.42. The van der Waals surface area contributed by atoms with E-state index in [1.807, 2.05) is 45.0 Å². The van der Waals surface area contributed by atoms with Gasteiger partial charge in [0.1, 0.15) is 5.75 Å². The number of hydrogen-bond acceptors (Lipinski definition) is 4. The number of carbonyl (C=O) groups is 2. The first-order valence-corrected chi connectivity index (χ1v) is 9.87. The minimum Gasteiger partial charge on any atom is -0.497 e. The monoisotopic (exact) mass is 417 g/mol.